The highest BCUT2D eigenvalue weighted by Gasteiger charge is 2.28. The molecule has 1 unspecified atom stereocenters. The van der Waals surface area contributed by atoms with E-state index < -0.39 is 0 Å². The lowest BCUT2D eigenvalue weighted by Gasteiger charge is -2.36. The Bertz CT molecular complexity index is 635. The molecule has 0 saturated heterocycles. The van der Waals surface area contributed by atoms with Crippen LogP contribution in [-0.4, -0.2) is 39.7 Å². The Labute approximate surface area is 141 Å². The van der Waals surface area contributed by atoms with E-state index in [9.17, 15) is 4.79 Å². The van der Waals surface area contributed by atoms with Gasteiger partial charge < -0.3 is 5.32 Å². The lowest BCUT2D eigenvalue weighted by Crippen LogP contribution is -2.43. The Hall–Kier alpha value is -1.66. The van der Waals surface area contributed by atoms with Crippen molar-refractivity contribution in [2.24, 2.45) is 0 Å². The smallest absolute Gasteiger partial charge is 0.222 e. The van der Waals surface area contributed by atoms with E-state index in [2.05, 4.69) is 46.7 Å². The number of nitrogens with zero attached hydrogens (tertiary/aromatic N) is 3. The number of aromatic nitrogens is 2. The molecule has 23 heavy (non-hydrogen) atoms. The Kier molecular flexibility index (Phi) is 5.13. The zero-order valence-corrected chi connectivity index (χ0v) is 14.6. The number of thiophene rings is 1. The van der Waals surface area contributed by atoms with Crippen molar-refractivity contribution in [1.82, 2.24) is 20.0 Å². The minimum absolute atomic E-state index is 0.110. The van der Waals surface area contributed by atoms with Gasteiger partial charge >= 0.3 is 0 Å². The summed E-state index contributed by atoms with van der Waals surface area (Å²) in [5, 5.41) is 9.53. The zero-order chi connectivity index (χ0) is 16.2. The summed E-state index contributed by atoms with van der Waals surface area (Å²) in [6.07, 6.45) is 3.22. The minimum atomic E-state index is 0.110. The highest BCUT2D eigenvalue weighted by molar-refractivity contribution is 7.09. The molecule has 0 saturated carbocycles. The van der Waals surface area contributed by atoms with Crippen LogP contribution in [0.1, 0.15) is 36.9 Å². The fraction of sp³-hybridized carbons (Fsp3) is 0.529. The third-order valence-electron chi connectivity index (χ3n) is 4.33. The third-order valence-corrected chi connectivity index (χ3v) is 5.27. The monoisotopic (exact) mass is 332 g/mol. The predicted molar refractivity (Wildman–Crippen MR) is 92.5 cm³/mol. The molecule has 0 aromatic carbocycles. The van der Waals surface area contributed by atoms with Gasteiger partial charge in [-0.3, -0.25) is 14.4 Å². The van der Waals surface area contributed by atoms with Crippen LogP contribution in [0.2, 0.25) is 0 Å². The molecule has 0 aliphatic carbocycles. The van der Waals surface area contributed by atoms with Crippen LogP contribution in [0.15, 0.2) is 29.8 Å². The first-order chi connectivity index (χ1) is 11.1. The molecule has 0 spiro atoms. The van der Waals surface area contributed by atoms with Gasteiger partial charge in [0, 0.05) is 36.8 Å². The highest BCUT2D eigenvalue weighted by atomic mass is 32.1. The minimum Gasteiger partial charge on any atom is -0.356 e. The van der Waals surface area contributed by atoms with Crippen LogP contribution in [0.25, 0.3) is 0 Å². The van der Waals surface area contributed by atoms with Gasteiger partial charge in [-0.05, 0) is 37.8 Å². The average Bonchev–Trinajstić information content (AvgIpc) is 3.17. The second kappa shape index (κ2) is 7.27. The van der Waals surface area contributed by atoms with Crippen LogP contribution < -0.4 is 5.32 Å². The van der Waals surface area contributed by atoms with Gasteiger partial charge in [0.15, 0.2) is 0 Å². The maximum absolute atomic E-state index is 12.3. The van der Waals surface area contributed by atoms with Crippen molar-refractivity contribution in [3.05, 3.63) is 40.3 Å². The normalized spacial score (nSPS) is 18.1. The molecule has 5 nitrogen and oxygen atoms in total. The highest BCUT2D eigenvalue weighted by Crippen LogP contribution is 2.24. The van der Waals surface area contributed by atoms with Gasteiger partial charge in [0.1, 0.15) is 0 Å². The molecule has 124 valence electrons. The van der Waals surface area contributed by atoms with E-state index in [1.54, 1.807) is 11.3 Å². The van der Waals surface area contributed by atoms with E-state index >= 15 is 0 Å². The largest absolute Gasteiger partial charge is 0.356 e. The Morgan fingerprint density at radius 2 is 2.35 bits per heavy atom. The molecule has 1 atom stereocenters. The molecular formula is C17H24N4OS. The van der Waals surface area contributed by atoms with Gasteiger partial charge in [-0.2, -0.15) is 5.10 Å². The van der Waals surface area contributed by atoms with Gasteiger partial charge in [0.05, 0.1) is 18.2 Å². The van der Waals surface area contributed by atoms with E-state index in [0.717, 1.165) is 19.5 Å². The van der Waals surface area contributed by atoms with Gasteiger partial charge in [0.25, 0.3) is 0 Å². The number of hydrogen-bond acceptors (Lipinski definition) is 4. The second-order valence-electron chi connectivity index (χ2n) is 6.33. The summed E-state index contributed by atoms with van der Waals surface area (Å²) in [5.74, 6) is 0.110. The van der Waals surface area contributed by atoms with Crippen molar-refractivity contribution in [1.29, 1.82) is 0 Å². The topological polar surface area (TPSA) is 50.2 Å². The third kappa shape index (κ3) is 4.00. The molecule has 2 aromatic rings. The number of carbonyl (C=O) groups is 1. The molecule has 1 aliphatic heterocycles. The molecule has 0 bridgehead atoms. The SMILES string of the molecule is CC(C)N1Cc2ccnn2C(CC(=O)NCCc2cccs2)C1. The van der Waals surface area contributed by atoms with E-state index in [1.165, 1.54) is 10.6 Å². The lowest BCUT2D eigenvalue weighted by atomic mass is 10.1. The number of nitrogens with one attached hydrogen (secondary N) is 1. The molecule has 2 aromatic heterocycles. The number of amides is 1. The van der Waals surface area contributed by atoms with Crippen LogP contribution in [-0.2, 0) is 17.8 Å². The number of rotatable bonds is 6. The maximum Gasteiger partial charge on any atom is 0.222 e. The molecule has 3 heterocycles. The van der Waals surface area contributed by atoms with Gasteiger partial charge in [0.2, 0.25) is 5.91 Å². The van der Waals surface area contributed by atoms with Crippen molar-refractivity contribution in [2.45, 2.75) is 45.3 Å². The van der Waals surface area contributed by atoms with E-state index in [4.69, 9.17) is 0 Å². The standard InChI is InChI=1S/C17H24N4OS/c1-13(2)20-11-14-5-8-19-21(14)15(12-20)10-17(22)18-7-6-16-4-3-9-23-16/h3-5,8-9,13,15H,6-7,10-12H2,1-2H3,(H,18,22). The lowest BCUT2D eigenvalue weighted by molar-refractivity contribution is -0.122. The molecule has 0 fully saturated rings. The second-order valence-corrected chi connectivity index (χ2v) is 7.36. The molecule has 1 N–H and O–H groups in total. The molecule has 1 amide bonds. The first-order valence-corrected chi connectivity index (χ1v) is 9.07. The Balaban J connectivity index is 1.55. The number of fused-ring (bicyclic) bond motifs is 1. The summed E-state index contributed by atoms with van der Waals surface area (Å²) < 4.78 is 2.03. The average molecular weight is 332 g/mol. The fourth-order valence-corrected chi connectivity index (χ4v) is 3.74. The Morgan fingerprint density at radius 3 is 3.09 bits per heavy atom. The fourth-order valence-electron chi connectivity index (χ4n) is 3.03. The van der Waals surface area contributed by atoms with Crippen molar-refractivity contribution in [2.75, 3.05) is 13.1 Å². The van der Waals surface area contributed by atoms with Crippen molar-refractivity contribution >= 4 is 17.2 Å². The van der Waals surface area contributed by atoms with Crippen molar-refractivity contribution in [3.63, 3.8) is 0 Å². The van der Waals surface area contributed by atoms with Gasteiger partial charge in [-0.15, -0.1) is 11.3 Å². The summed E-state index contributed by atoms with van der Waals surface area (Å²) in [6, 6.07) is 6.80. The summed E-state index contributed by atoms with van der Waals surface area (Å²) in [4.78, 5) is 16.0. The summed E-state index contributed by atoms with van der Waals surface area (Å²) >= 11 is 1.73. The zero-order valence-electron chi connectivity index (χ0n) is 13.7. The Morgan fingerprint density at radius 1 is 1.48 bits per heavy atom. The van der Waals surface area contributed by atoms with Gasteiger partial charge in [-0.1, -0.05) is 6.07 Å². The van der Waals surface area contributed by atoms with Crippen LogP contribution in [0.5, 0.6) is 0 Å². The summed E-state index contributed by atoms with van der Waals surface area (Å²) in [5.41, 5.74) is 1.20. The van der Waals surface area contributed by atoms with E-state index in [0.29, 0.717) is 19.0 Å². The van der Waals surface area contributed by atoms with E-state index in [1.807, 2.05) is 16.9 Å². The number of carbonyl (C=O) groups excluding carboxylic acids is 1. The predicted octanol–water partition coefficient (Wildman–Crippen LogP) is 2.46. The molecule has 0 radical (unpaired) electrons. The van der Waals surface area contributed by atoms with Crippen LogP contribution >= 0.6 is 11.3 Å². The van der Waals surface area contributed by atoms with Crippen LogP contribution in [0.3, 0.4) is 0 Å². The molecule has 6 heteroatoms. The van der Waals surface area contributed by atoms with Crippen molar-refractivity contribution in [3.8, 4) is 0 Å². The molecular weight excluding hydrogens is 308 g/mol. The van der Waals surface area contributed by atoms with Gasteiger partial charge in [-0.25, -0.2) is 0 Å². The first kappa shape index (κ1) is 16.2. The molecule has 1 aliphatic rings. The molecule has 3 rings (SSSR count). The van der Waals surface area contributed by atoms with Crippen molar-refractivity contribution < 1.29 is 4.79 Å². The summed E-state index contributed by atoms with van der Waals surface area (Å²) in [7, 11) is 0. The maximum atomic E-state index is 12.3. The van der Waals surface area contributed by atoms with Crippen LogP contribution in [0.4, 0.5) is 0 Å². The van der Waals surface area contributed by atoms with Crippen LogP contribution in [0, 0.1) is 0 Å². The first-order valence-electron chi connectivity index (χ1n) is 8.19. The summed E-state index contributed by atoms with van der Waals surface area (Å²) in [6.45, 7) is 6.89. The quantitative estimate of drug-likeness (QED) is 0.884. The number of hydrogen-bond donors (Lipinski definition) is 1. The van der Waals surface area contributed by atoms with E-state index in [-0.39, 0.29) is 11.9 Å².